The minimum Gasteiger partial charge on any atom is -0.314 e. The van der Waals surface area contributed by atoms with Gasteiger partial charge in [-0.05, 0) is 44.1 Å². The molecule has 0 aromatic carbocycles. The fourth-order valence-electron chi connectivity index (χ4n) is 1.58. The van der Waals surface area contributed by atoms with E-state index in [0.29, 0.717) is 24.4 Å². The fraction of sp³-hybridized carbons (Fsp3) is 1.00. The zero-order valence-electron chi connectivity index (χ0n) is 11.9. The first kappa shape index (κ1) is 15.9. The van der Waals surface area contributed by atoms with Crippen LogP contribution in [0.5, 0.6) is 0 Å². The molecule has 0 saturated heterocycles. The monoisotopic (exact) mass is 276 g/mol. The molecule has 1 aliphatic rings. The molecule has 0 bridgehead atoms. The topological polar surface area (TPSA) is 58.2 Å². The van der Waals surface area contributed by atoms with Crippen LogP contribution in [0.15, 0.2) is 0 Å². The molecule has 0 spiro atoms. The number of nitrogens with one attached hydrogen (secondary N) is 2. The summed E-state index contributed by atoms with van der Waals surface area (Å²) >= 11 is 0. The number of hydrogen-bond donors (Lipinski definition) is 2. The molecule has 18 heavy (non-hydrogen) atoms. The maximum Gasteiger partial charge on any atom is 0.211 e. The van der Waals surface area contributed by atoms with Crippen LogP contribution < -0.4 is 10.0 Å². The van der Waals surface area contributed by atoms with E-state index in [0.717, 1.165) is 19.4 Å². The Bertz CT molecular complexity index is 324. The maximum absolute atomic E-state index is 11.7. The summed E-state index contributed by atoms with van der Waals surface area (Å²) in [5.74, 6) is 1.15. The van der Waals surface area contributed by atoms with Crippen LogP contribution >= 0.6 is 0 Å². The molecule has 1 rings (SSSR count). The molecule has 0 heterocycles. The summed E-state index contributed by atoms with van der Waals surface area (Å²) in [6.07, 6.45) is 4.25. The van der Waals surface area contributed by atoms with Crippen molar-refractivity contribution in [3.63, 3.8) is 0 Å². The van der Waals surface area contributed by atoms with Gasteiger partial charge < -0.3 is 5.32 Å². The standard InChI is InChI=1S/C13H28N2O2S/c1-11(2)12(3)10-15-18(16,17)9-5-4-8-14-13-6-7-13/h11-15H,4-10H2,1-3H3. The quantitative estimate of drug-likeness (QED) is 0.597. The summed E-state index contributed by atoms with van der Waals surface area (Å²) in [5, 5.41) is 3.39. The van der Waals surface area contributed by atoms with Gasteiger partial charge in [0.25, 0.3) is 0 Å². The van der Waals surface area contributed by atoms with Gasteiger partial charge in [0.1, 0.15) is 0 Å². The number of hydrogen-bond acceptors (Lipinski definition) is 3. The Morgan fingerprint density at radius 3 is 2.39 bits per heavy atom. The van der Waals surface area contributed by atoms with Crippen LogP contribution in [0.4, 0.5) is 0 Å². The van der Waals surface area contributed by atoms with Crippen LogP contribution in [-0.4, -0.2) is 33.3 Å². The van der Waals surface area contributed by atoms with Crippen LogP contribution in [0.2, 0.25) is 0 Å². The van der Waals surface area contributed by atoms with Crippen molar-refractivity contribution in [3.05, 3.63) is 0 Å². The van der Waals surface area contributed by atoms with E-state index in [1.807, 2.05) is 0 Å². The second kappa shape index (κ2) is 7.46. The predicted octanol–water partition coefficient (Wildman–Crippen LogP) is 1.73. The van der Waals surface area contributed by atoms with E-state index in [4.69, 9.17) is 0 Å². The molecular weight excluding hydrogens is 248 g/mol. The molecule has 0 aliphatic heterocycles. The smallest absolute Gasteiger partial charge is 0.211 e. The minimum atomic E-state index is -3.07. The van der Waals surface area contributed by atoms with Gasteiger partial charge in [-0.25, -0.2) is 13.1 Å². The third kappa shape index (κ3) is 7.34. The van der Waals surface area contributed by atoms with Gasteiger partial charge in [-0.2, -0.15) is 0 Å². The molecule has 1 aliphatic carbocycles. The van der Waals surface area contributed by atoms with Crippen molar-refractivity contribution in [2.75, 3.05) is 18.8 Å². The van der Waals surface area contributed by atoms with E-state index in [-0.39, 0.29) is 5.75 Å². The van der Waals surface area contributed by atoms with Crippen molar-refractivity contribution in [1.29, 1.82) is 0 Å². The van der Waals surface area contributed by atoms with Crippen molar-refractivity contribution in [1.82, 2.24) is 10.0 Å². The lowest BCUT2D eigenvalue weighted by molar-refractivity contribution is 0.414. The van der Waals surface area contributed by atoms with Gasteiger partial charge in [0.15, 0.2) is 0 Å². The summed E-state index contributed by atoms with van der Waals surface area (Å²) in [7, 11) is -3.07. The first-order valence-electron chi connectivity index (χ1n) is 7.11. The normalized spacial score (nSPS) is 18.2. The average Bonchev–Trinajstić information content (AvgIpc) is 3.09. The zero-order valence-corrected chi connectivity index (χ0v) is 12.7. The van der Waals surface area contributed by atoms with Gasteiger partial charge in [0, 0.05) is 12.6 Å². The van der Waals surface area contributed by atoms with Crippen LogP contribution in [0, 0.1) is 11.8 Å². The molecule has 1 unspecified atom stereocenters. The summed E-state index contributed by atoms with van der Waals surface area (Å²) in [6, 6.07) is 0.714. The average molecular weight is 276 g/mol. The van der Waals surface area contributed by atoms with Crippen molar-refractivity contribution in [2.24, 2.45) is 11.8 Å². The molecule has 0 radical (unpaired) electrons. The minimum absolute atomic E-state index is 0.254. The third-order valence-electron chi connectivity index (χ3n) is 3.61. The summed E-state index contributed by atoms with van der Waals surface area (Å²) in [5.41, 5.74) is 0. The Kier molecular flexibility index (Phi) is 6.60. The number of unbranched alkanes of at least 4 members (excludes halogenated alkanes) is 1. The van der Waals surface area contributed by atoms with Gasteiger partial charge in [-0.1, -0.05) is 20.8 Å². The van der Waals surface area contributed by atoms with Crippen molar-refractivity contribution in [2.45, 2.75) is 52.5 Å². The Morgan fingerprint density at radius 1 is 1.17 bits per heavy atom. The first-order chi connectivity index (χ1) is 8.41. The van der Waals surface area contributed by atoms with Crippen LogP contribution in [-0.2, 0) is 10.0 Å². The van der Waals surface area contributed by atoms with E-state index in [1.165, 1.54) is 12.8 Å². The largest absolute Gasteiger partial charge is 0.314 e. The van der Waals surface area contributed by atoms with Gasteiger partial charge in [0.05, 0.1) is 5.75 Å². The van der Waals surface area contributed by atoms with E-state index >= 15 is 0 Å². The maximum atomic E-state index is 11.7. The molecule has 0 aromatic heterocycles. The molecule has 0 aromatic rings. The summed E-state index contributed by atoms with van der Waals surface area (Å²) < 4.78 is 26.2. The highest BCUT2D eigenvalue weighted by molar-refractivity contribution is 7.89. The molecule has 1 fully saturated rings. The molecule has 0 amide bonds. The lowest BCUT2D eigenvalue weighted by atomic mass is 9.99. The molecule has 5 heteroatoms. The van der Waals surface area contributed by atoms with Gasteiger partial charge in [-0.3, -0.25) is 0 Å². The van der Waals surface area contributed by atoms with Crippen molar-refractivity contribution >= 4 is 10.0 Å². The highest BCUT2D eigenvalue weighted by atomic mass is 32.2. The molecule has 4 nitrogen and oxygen atoms in total. The van der Waals surface area contributed by atoms with E-state index in [2.05, 4.69) is 30.8 Å². The van der Waals surface area contributed by atoms with Crippen LogP contribution in [0.25, 0.3) is 0 Å². The highest BCUT2D eigenvalue weighted by Crippen LogP contribution is 2.18. The Morgan fingerprint density at radius 2 is 1.83 bits per heavy atom. The highest BCUT2D eigenvalue weighted by Gasteiger charge is 2.19. The molecule has 108 valence electrons. The van der Waals surface area contributed by atoms with Crippen molar-refractivity contribution < 1.29 is 8.42 Å². The molecule has 1 atom stereocenters. The molecule has 2 N–H and O–H groups in total. The van der Waals surface area contributed by atoms with E-state index in [9.17, 15) is 8.42 Å². The molecule has 1 saturated carbocycles. The summed E-state index contributed by atoms with van der Waals surface area (Å²) in [6.45, 7) is 7.81. The van der Waals surface area contributed by atoms with Crippen LogP contribution in [0.3, 0.4) is 0 Å². The Labute approximate surface area is 112 Å². The van der Waals surface area contributed by atoms with Gasteiger partial charge >= 0.3 is 0 Å². The second-order valence-corrected chi connectivity index (χ2v) is 7.75. The number of sulfonamides is 1. The Hall–Kier alpha value is -0.130. The van der Waals surface area contributed by atoms with E-state index in [1.54, 1.807) is 0 Å². The lowest BCUT2D eigenvalue weighted by Crippen LogP contribution is -2.32. The van der Waals surface area contributed by atoms with Crippen LogP contribution in [0.1, 0.15) is 46.5 Å². The fourth-order valence-corrected chi connectivity index (χ4v) is 2.82. The zero-order chi connectivity index (χ0) is 13.6. The predicted molar refractivity (Wildman–Crippen MR) is 76.1 cm³/mol. The number of rotatable bonds is 10. The first-order valence-corrected chi connectivity index (χ1v) is 8.76. The molecular formula is C13H28N2O2S. The van der Waals surface area contributed by atoms with Gasteiger partial charge in [0.2, 0.25) is 10.0 Å². The Balaban J connectivity index is 2.06. The van der Waals surface area contributed by atoms with Crippen molar-refractivity contribution in [3.8, 4) is 0 Å². The lowest BCUT2D eigenvalue weighted by Gasteiger charge is -2.16. The SMILES string of the molecule is CC(C)C(C)CNS(=O)(=O)CCCCNC1CC1. The van der Waals surface area contributed by atoms with Gasteiger partial charge in [-0.15, -0.1) is 0 Å². The summed E-state index contributed by atoms with van der Waals surface area (Å²) in [4.78, 5) is 0. The second-order valence-electron chi connectivity index (χ2n) is 5.82. The third-order valence-corrected chi connectivity index (χ3v) is 5.05. The van der Waals surface area contributed by atoms with E-state index < -0.39 is 10.0 Å².